The zero-order chi connectivity index (χ0) is 21.6. The lowest BCUT2D eigenvalue weighted by molar-refractivity contribution is -0.116. The Morgan fingerprint density at radius 3 is 2.27 bits per heavy atom. The lowest BCUT2D eigenvalue weighted by Crippen LogP contribution is -2.08. The maximum Gasteiger partial charge on any atom is 0.182 e. The molecule has 3 rings (SSSR count). The fraction of sp³-hybridized carbons (Fsp3) is 0.208. The van der Waals surface area contributed by atoms with Crippen LogP contribution in [-0.2, 0) is 26.8 Å². The number of Topliss-reactive ketones (excluding diaryl/α,β-unsaturated/α-hetero) is 1. The van der Waals surface area contributed by atoms with E-state index >= 15 is 0 Å². The fourth-order valence-electron chi connectivity index (χ4n) is 3.00. The molecule has 0 fully saturated rings. The number of ketones is 1. The van der Waals surface area contributed by atoms with E-state index in [9.17, 15) is 13.2 Å². The van der Waals surface area contributed by atoms with Gasteiger partial charge in [0.15, 0.2) is 9.84 Å². The van der Waals surface area contributed by atoms with E-state index in [0.717, 1.165) is 10.5 Å². The minimum absolute atomic E-state index is 0.102. The molecular formula is C24H24O4S2. The van der Waals surface area contributed by atoms with Crippen LogP contribution in [0.5, 0.6) is 5.75 Å². The van der Waals surface area contributed by atoms with Crippen LogP contribution in [0.2, 0.25) is 0 Å². The lowest BCUT2D eigenvalue weighted by atomic mass is 10.1. The summed E-state index contributed by atoms with van der Waals surface area (Å²) in [6.45, 7) is 2.03. The van der Waals surface area contributed by atoms with E-state index < -0.39 is 9.84 Å². The summed E-state index contributed by atoms with van der Waals surface area (Å²) in [6, 6.07) is 21.7. The van der Waals surface area contributed by atoms with Crippen molar-refractivity contribution in [1.29, 1.82) is 0 Å². The summed E-state index contributed by atoms with van der Waals surface area (Å²) in [5.41, 5.74) is 2.61. The molecule has 0 aliphatic heterocycles. The molecule has 0 atom stereocenters. The Morgan fingerprint density at radius 2 is 1.60 bits per heavy atom. The second-order valence-corrected chi connectivity index (χ2v) is 10.1. The van der Waals surface area contributed by atoms with Crippen LogP contribution in [0.4, 0.5) is 0 Å². The van der Waals surface area contributed by atoms with Gasteiger partial charge in [-0.05, 0) is 42.8 Å². The summed E-state index contributed by atoms with van der Waals surface area (Å²) in [6.07, 6.45) is 0.283. The van der Waals surface area contributed by atoms with Crippen molar-refractivity contribution in [3.05, 3.63) is 89.5 Å². The molecule has 0 aliphatic rings. The Labute approximate surface area is 182 Å². The van der Waals surface area contributed by atoms with Gasteiger partial charge in [0, 0.05) is 16.9 Å². The number of ether oxygens (including phenoxy) is 1. The largest absolute Gasteiger partial charge is 0.496 e. The smallest absolute Gasteiger partial charge is 0.182 e. The van der Waals surface area contributed by atoms with E-state index in [1.54, 1.807) is 48.5 Å². The van der Waals surface area contributed by atoms with E-state index in [1.807, 2.05) is 31.2 Å². The summed E-state index contributed by atoms with van der Waals surface area (Å²) in [5.74, 6) is 0.902. The van der Waals surface area contributed by atoms with E-state index in [0.29, 0.717) is 17.1 Å². The van der Waals surface area contributed by atoms with Crippen molar-refractivity contribution < 1.29 is 17.9 Å². The highest BCUT2D eigenvalue weighted by Gasteiger charge is 2.18. The number of carbonyl (C=O) groups excluding carboxylic acids is 1. The number of carbonyl (C=O) groups is 1. The predicted molar refractivity (Wildman–Crippen MR) is 121 cm³/mol. The SMILES string of the molecule is COc1ccccc1CS(=O)(=O)c1ccc(CC(=O)CSc2ccc(C)cc2)cc1. The molecule has 4 nitrogen and oxygen atoms in total. The van der Waals surface area contributed by atoms with Gasteiger partial charge in [0.05, 0.1) is 23.5 Å². The number of hydrogen-bond acceptors (Lipinski definition) is 5. The van der Waals surface area contributed by atoms with E-state index in [1.165, 1.54) is 24.4 Å². The molecule has 0 heterocycles. The minimum Gasteiger partial charge on any atom is -0.496 e. The first kappa shape index (κ1) is 22.1. The average molecular weight is 441 g/mol. The van der Waals surface area contributed by atoms with Crippen LogP contribution >= 0.6 is 11.8 Å². The van der Waals surface area contributed by atoms with E-state index in [-0.39, 0.29) is 22.9 Å². The van der Waals surface area contributed by atoms with Crippen LogP contribution in [0, 0.1) is 6.92 Å². The molecule has 156 valence electrons. The Balaban J connectivity index is 1.61. The number of para-hydroxylation sites is 1. The number of thioether (sulfide) groups is 1. The molecule has 6 heteroatoms. The zero-order valence-corrected chi connectivity index (χ0v) is 18.6. The third-order valence-corrected chi connectivity index (χ3v) is 7.40. The molecule has 0 aliphatic carbocycles. The second kappa shape index (κ2) is 9.96. The highest BCUT2D eigenvalue weighted by molar-refractivity contribution is 8.00. The van der Waals surface area contributed by atoms with Gasteiger partial charge in [-0.2, -0.15) is 0 Å². The average Bonchev–Trinajstić information content (AvgIpc) is 2.74. The first-order valence-corrected chi connectivity index (χ1v) is 12.2. The molecule has 0 radical (unpaired) electrons. The Bertz CT molecular complexity index is 1100. The topological polar surface area (TPSA) is 60.4 Å². The van der Waals surface area contributed by atoms with Crippen molar-refractivity contribution in [3.63, 3.8) is 0 Å². The van der Waals surface area contributed by atoms with Crippen molar-refractivity contribution in [1.82, 2.24) is 0 Å². The number of benzene rings is 3. The number of rotatable bonds is 9. The molecule has 3 aromatic carbocycles. The third kappa shape index (κ3) is 5.97. The number of aryl methyl sites for hydroxylation is 1. The zero-order valence-electron chi connectivity index (χ0n) is 17.0. The molecule has 0 bridgehead atoms. The van der Waals surface area contributed by atoms with Gasteiger partial charge in [-0.1, -0.05) is 48.0 Å². The van der Waals surface area contributed by atoms with Crippen molar-refractivity contribution >= 4 is 27.4 Å². The maximum atomic E-state index is 12.8. The Hall–Kier alpha value is -2.57. The van der Waals surface area contributed by atoms with Gasteiger partial charge in [-0.3, -0.25) is 4.79 Å². The number of hydrogen-bond donors (Lipinski definition) is 0. The molecule has 0 saturated carbocycles. The molecule has 0 amide bonds. The van der Waals surface area contributed by atoms with Gasteiger partial charge in [-0.25, -0.2) is 8.42 Å². The quantitative estimate of drug-likeness (QED) is 0.444. The number of sulfone groups is 1. The number of methoxy groups -OCH3 is 1. The standard InChI is InChI=1S/C24H24O4S2/c1-18-7-11-22(12-8-18)29-16-21(25)15-19-9-13-23(14-10-19)30(26,27)17-20-5-3-4-6-24(20)28-2/h3-14H,15-17H2,1-2H3. The summed E-state index contributed by atoms with van der Waals surface area (Å²) in [7, 11) is -1.99. The first-order valence-electron chi connectivity index (χ1n) is 9.52. The molecule has 30 heavy (non-hydrogen) atoms. The highest BCUT2D eigenvalue weighted by Crippen LogP contribution is 2.24. The maximum absolute atomic E-state index is 12.8. The summed E-state index contributed by atoms with van der Waals surface area (Å²) >= 11 is 1.51. The van der Waals surface area contributed by atoms with Crippen LogP contribution in [0.25, 0.3) is 0 Å². The molecule has 3 aromatic rings. The van der Waals surface area contributed by atoms with Crippen molar-refractivity contribution in [2.45, 2.75) is 28.9 Å². The van der Waals surface area contributed by atoms with Crippen LogP contribution in [0.15, 0.2) is 82.6 Å². The summed E-state index contributed by atoms with van der Waals surface area (Å²) in [4.78, 5) is 13.6. The van der Waals surface area contributed by atoms with Gasteiger partial charge in [-0.15, -0.1) is 11.8 Å². The Kier molecular flexibility index (Phi) is 7.34. The predicted octanol–water partition coefficient (Wildman–Crippen LogP) is 4.88. The summed E-state index contributed by atoms with van der Waals surface area (Å²) in [5, 5.41) is 0. The van der Waals surface area contributed by atoms with Gasteiger partial charge >= 0.3 is 0 Å². The minimum atomic E-state index is -3.51. The van der Waals surface area contributed by atoms with Crippen molar-refractivity contribution in [3.8, 4) is 5.75 Å². The van der Waals surface area contributed by atoms with E-state index in [4.69, 9.17) is 4.74 Å². The third-order valence-electron chi connectivity index (χ3n) is 4.64. The van der Waals surface area contributed by atoms with Gasteiger partial charge in [0.1, 0.15) is 11.5 Å². The normalized spacial score (nSPS) is 11.3. The molecule has 0 unspecified atom stereocenters. The van der Waals surface area contributed by atoms with Gasteiger partial charge < -0.3 is 4.74 Å². The van der Waals surface area contributed by atoms with Crippen molar-refractivity contribution in [2.24, 2.45) is 0 Å². The van der Waals surface area contributed by atoms with Crippen LogP contribution in [0.1, 0.15) is 16.7 Å². The Morgan fingerprint density at radius 1 is 0.933 bits per heavy atom. The molecule has 0 aromatic heterocycles. The second-order valence-electron chi connectivity index (χ2n) is 7.03. The molecular weight excluding hydrogens is 416 g/mol. The van der Waals surface area contributed by atoms with Gasteiger partial charge in [0.2, 0.25) is 0 Å². The summed E-state index contributed by atoms with van der Waals surface area (Å²) < 4.78 is 30.8. The van der Waals surface area contributed by atoms with Crippen molar-refractivity contribution in [2.75, 3.05) is 12.9 Å². The highest BCUT2D eigenvalue weighted by atomic mass is 32.2. The lowest BCUT2D eigenvalue weighted by Gasteiger charge is -2.09. The van der Waals surface area contributed by atoms with Crippen LogP contribution in [-0.4, -0.2) is 27.1 Å². The van der Waals surface area contributed by atoms with Crippen LogP contribution in [0.3, 0.4) is 0 Å². The first-order chi connectivity index (χ1) is 14.4. The van der Waals surface area contributed by atoms with Crippen LogP contribution < -0.4 is 4.74 Å². The molecule has 0 spiro atoms. The monoisotopic (exact) mass is 440 g/mol. The van der Waals surface area contributed by atoms with E-state index in [2.05, 4.69) is 0 Å². The molecule has 0 N–H and O–H groups in total. The fourth-order valence-corrected chi connectivity index (χ4v) is 5.13. The molecule has 0 saturated heterocycles. The van der Waals surface area contributed by atoms with Gasteiger partial charge in [0.25, 0.3) is 0 Å².